The molecule has 0 aliphatic heterocycles. The molecule has 0 fully saturated rings. The number of nitrogens with zero attached hydrogens (tertiary/aromatic N) is 1. The molecular formula is C19H19NO. The predicted octanol–water partition coefficient (Wildman–Crippen LogP) is 4.85. The second kappa shape index (κ2) is 5.88. The van der Waals surface area contributed by atoms with Crippen molar-refractivity contribution < 1.29 is 4.74 Å². The maximum atomic E-state index is 5.51. The molecule has 0 atom stereocenters. The lowest BCUT2D eigenvalue weighted by Crippen LogP contribution is -1.99. The fraction of sp³-hybridized carbons (Fsp3) is 0.158. The molecule has 0 amide bonds. The van der Waals surface area contributed by atoms with Gasteiger partial charge in [-0.25, -0.2) is 0 Å². The Labute approximate surface area is 125 Å². The third-order valence-corrected chi connectivity index (χ3v) is 3.55. The molecular weight excluding hydrogens is 258 g/mol. The van der Waals surface area contributed by atoms with Crippen LogP contribution >= 0.6 is 0 Å². The third-order valence-electron chi connectivity index (χ3n) is 3.55. The van der Waals surface area contributed by atoms with Gasteiger partial charge >= 0.3 is 0 Å². The molecule has 0 aliphatic carbocycles. The van der Waals surface area contributed by atoms with Gasteiger partial charge in [0.2, 0.25) is 0 Å². The number of rotatable bonds is 4. The normalized spacial score (nSPS) is 10.6. The summed E-state index contributed by atoms with van der Waals surface area (Å²) in [6.45, 7) is 4.82. The lowest BCUT2D eigenvalue weighted by atomic mass is 10.1. The van der Waals surface area contributed by atoms with Crippen molar-refractivity contribution in [3.63, 3.8) is 0 Å². The van der Waals surface area contributed by atoms with Crippen LogP contribution in [0.3, 0.4) is 0 Å². The van der Waals surface area contributed by atoms with E-state index < -0.39 is 0 Å². The highest BCUT2D eigenvalue weighted by atomic mass is 16.5. The van der Waals surface area contributed by atoms with Crippen LogP contribution in [0.15, 0.2) is 66.7 Å². The first kappa shape index (κ1) is 13.5. The van der Waals surface area contributed by atoms with Gasteiger partial charge < -0.3 is 9.30 Å². The van der Waals surface area contributed by atoms with Gasteiger partial charge in [0.15, 0.2) is 0 Å². The van der Waals surface area contributed by atoms with Gasteiger partial charge in [-0.15, -0.1) is 0 Å². The van der Waals surface area contributed by atoms with Crippen LogP contribution in [0.1, 0.15) is 12.6 Å². The molecule has 0 spiro atoms. The average molecular weight is 277 g/mol. The molecule has 0 radical (unpaired) electrons. The Hall–Kier alpha value is -2.48. The van der Waals surface area contributed by atoms with Crippen LogP contribution in [0.2, 0.25) is 0 Å². The van der Waals surface area contributed by atoms with Crippen LogP contribution in [0.4, 0.5) is 0 Å². The van der Waals surface area contributed by atoms with Crippen molar-refractivity contribution >= 4 is 0 Å². The van der Waals surface area contributed by atoms with Crippen molar-refractivity contribution in [1.82, 2.24) is 4.57 Å². The van der Waals surface area contributed by atoms with Crippen molar-refractivity contribution in [3.8, 4) is 22.7 Å². The maximum absolute atomic E-state index is 5.51. The van der Waals surface area contributed by atoms with Gasteiger partial charge in [-0.3, -0.25) is 0 Å². The number of hydrogen-bond acceptors (Lipinski definition) is 1. The van der Waals surface area contributed by atoms with Crippen molar-refractivity contribution in [2.75, 3.05) is 6.61 Å². The second-order valence-corrected chi connectivity index (χ2v) is 4.99. The highest BCUT2D eigenvalue weighted by molar-refractivity contribution is 5.64. The fourth-order valence-corrected chi connectivity index (χ4v) is 2.57. The largest absolute Gasteiger partial charge is 0.494 e. The Morgan fingerprint density at radius 3 is 2.24 bits per heavy atom. The fourth-order valence-electron chi connectivity index (χ4n) is 2.57. The van der Waals surface area contributed by atoms with Crippen LogP contribution in [0, 0.1) is 6.92 Å². The molecule has 106 valence electrons. The second-order valence-electron chi connectivity index (χ2n) is 4.99. The smallest absolute Gasteiger partial charge is 0.119 e. The first-order chi connectivity index (χ1) is 10.3. The van der Waals surface area contributed by atoms with Gasteiger partial charge in [0.05, 0.1) is 12.3 Å². The molecule has 0 unspecified atom stereocenters. The number of hydrogen-bond donors (Lipinski definition) is 0. The molecule has 3 aromatic rings. The molecule has 2 nitrogen and oxygen atoms in total. The Kier molecular flexibility index (Phi) is 3.78. The summed E-state index contributed by atoms with van der Waals surface area (Å²) >= 11 is 0. The van der Waals surface area contributed by atoms with Gasteiger partial charge in [-0.2, -0.15) is 0 Å². The average Bonchev–Trinajstić information content (AvgIpc) is 2.91. The molecule has 0 N–H and O–H groups in total. The van der Waals surface area contributed by atoms with Crippen molar-refractivity contribution in [3.05, 3.63) is 72.4 Å². The van der Waals surface area contributed by atoms with E-state index in [1.807, 2.05) is 25.1 Å². The summed E-state index contributed by atoms with van der Waals surface area (Å²) in [5, 5.41) is 0. The summed E-state index contributed by atoms with van der Waals surface area (Å²) in [6.07, 6.45) is 0. The van der Waals surface area contributed by atoms with Gasteiger partial charge in [0.1, 0.15) is 5.75 Å². The standard InChI is InChI=1S/C19H19NO/c1-3-21-18-12-10-17(11-13-18)20-15(2)9-14-19(20)16-7-5-4-6-8-16/h4-14H,3H2,1-2H3. The molecule has 0 saturated heterocycles. The number of aryl methyl sites for hydroxylation is 1. The van der Waals surface area contributed by atoms with E-state index >= 15 is 0 Å². The van der Waals surface area contributed by atoms with Gasteiger partial charge in [0.25, 0.3) is 0 Å². The Balaban J connectivity index is 2.04. The molecule has 2 heteroatoms. The first-order valence-electron chi connectivity index (χ1n) is 7.26. The molecule has 3 rings (SSSR count). The van der Waals surface area contributed by atoms with Gasteiger partial charge in [-0.05, 0) is 55.8 Å². The number of aromatic nitrogens is 1. The summed E-state index contributed by atoms with van der Waals surface area (Å²) in [6, 6.07) is 23.0. The first-order valence-corrected chi connectivity index (χ1v) is 7.26. The Morgan fingerprint density at radius 1 is 0.857 bits per heavy atom. The number of benzene rings is 2. The summed E-state index contributed by atoms with van der Waals surface area (Å²) in [7, 11) is 0. The molecule has 0 saturated carbocycles. The zero-order chi connectivity index (χ0) is 14.7. The predicted molar refractivity (Wildman–Crippen MR) is 87.1 cm³/mol. The van der Waals surface area contributed by atoms with E-state index in [0.29, 0.717) is 6.61 Å². The van der Waals surface area contributed by atoms with E-state index in [4.69, 9.17) is 4.74 Å². The minimum absolute atomic E-state index is 0.692. The molecule has 1 aromatic heterocycles. The number of ether oxygens (including phenoxy) is 1. The highest BCUT2D eigenvalue weighted by Crippen LogP contribution is 2.27. The minimum atomic E-state index is 0.692. The van der Waals surface area contributed by atoms with Crippen LogP contribution in [0.25, 0.3) is 16.9 Å². The highest BCUT2D eigenvalue weighted by Gasteiger charge is 2.09. The zero-order valence-corrected chi connectivity index (χ0v) is 12.4. The van der Waals surface area contributed by atoms with E-state index in [1.165, 1.54) is 17.0 Å². The third kappa shape index (κ3) is 2.70. The Bertz CT molecular complexity index is 711. The van der Waals surface area contributed by atoms with Crippen LogP contribution < -0.4 is 4.74 Å². The van der Waals surface area contributed by atoms with E-state index in [1.54, 1.807) is 0 Å². The molecule has 1 heterocycles. The lowest BCUT2D eigenvalue weighted by molar-refractivity contribution is 0.340. The van der Waals surface area contributed by atoms with E-state index in [9.17, 15) is 0 Å². The van der Waals surface area contributed by atoms with Crippen LogP contribution in [-0.2, 0) is 0 Å². The molecule has 0 bridgehead atoms. The van der Waals surface area contributed by atoms with Crippen LogP contribution in [0.5, 0.6) is 5.75 Å². The zero-order valence-electron chi connectivity index (χ0n) is 12.4. The lowest BCUT2D eigenvalue weighted by Gasteiger charge is -2.13. The van der Waals surface area contributed by atoms with Crippen molar-refractivity contribution in [1.29, 1.82) is 0 Å². The van der Waals surface area contributed by atoms with Crippen LogP contribution in [-0.4, -0.2) is 11.2 Å². The van der Waals surface area contributed by atoms with Crippen molar-refractivity contribution in [2.45, 2.75) is 13.8 Å². The molecule has 21 heavy (non-hydrogen) atoms. The van der Waals surface area contributed by atoms with Crippen molar-refractivity contribution in [2.24, 2.45) is 0 Å². The monoisotopic (exact) mass is 277 g/mol. The minimum Gasteiger partial charge on any atom is -0.494 e. The summed E-state index contributed by atoms with van der Waals surface area (Å²) in [5.41, 5.74) is 4.80. The SMILES string of the molecule is CCOc1ccc(-n2c(C)ccc2-c2ccccc2)cc1. The van der Waals surface area contributed by atoms with E-state index in [0.717, 1.165) is 11.4 Å². The summed E-state index contributed by atoms with van der Waals surface area (Å²) in [5.74, 6) is 0.910. The summed E-state index contributed by atoms with van der Waals surface area (Å²) in [4.78, 5) is 0. The maximum Gasteiger partial charge on any atom is 0.119 e. The quantitative estimate of drug-likeness (QED) is 0.665. The Morgan fingerprint density at radius 2 is 1.57 bits per heavy atom. The van der Waals surface area contributed by atoms with E-state index in [-0.39, 0.29) is 0 Å². The van der Waals surface area contributed by atoms with Gasteiger partial charge in [0, 0.05) is 11.4 Å². The molecule has 0 aliphatic rings. The van der Waals surface area contributed by atoms with Gasteiger partial charge in [-0.1, -0.05) is 30.3 Å². The molecule has 2 aromatic carbocycles. The topological polar surface area (TPSA) is 14.2 Å². The van der Waals surface area contributed by atoms with E-state index in [2.05, 4.69) is 60.0 Å². The summed E-state index contributed by atoms with van der Waals surface area (Å²) < 4.78 is 7.78.